The van der Waals surface area contributed by atoms with E-state index >= 15 is 0 Å². The Kier molecular flexibility index (Phi) is 9.92. The van der Waals surface area contributed by atoms with E-state index in [1.807, 2.05) is 115 Å². The number of pyridine rings is 2. The molecule has 0 fully saturated rings. The van der Waals surface area contributed by atoms with Crippen LogP contribution in [-0.2, 0) is 33.9 Å². The first kappa shape index (κ1) is 29.0. The second-order valence-corrected chi connectivity index (χ2v) is 9.70. The van der Waals surface area contributed by atoms with Crippen molar-refractivity contribution in [3.05, 3.63) is 150 Å². The van der Waals surface area contributed by atoms with Gasteiger partial charge in [-0.25, -0.2) is 9.97 Å². The molecule has 3 aromatic heterocycles. The van der Waals surface area contributed by atoms with Crippen molar-refractivity contribution in [3.8, 4) is 11.4 Å². The molecule has 0 unspecified atom stereocenters. The van der Waals surface area contributed by atoms with E-state index in [2.05, 4.69) is 37.5 Å². The fourth-order valence-corrected chi connectivity index (χ4v) is 4.91. The molecule has 210 valence electrons. The van der Waals surface area contributed by atoms with Crippen LogP contribution in [0, 0.1) is 0 Å². The summed E-state index contributed by atoms with van der Waals surface area (Å²) >= 11 is 0. The molecule has 0 atom stereocenters. The summed E-state index contributed by atoms with van der Waals surface area (Å²) in [4.78, 5) is 11.6. The van der Waals surface area contributed by atoms with Gasteiger partial charge in [-0.05, 0) is 67.6 Å². The Morgan fingerprint density at radius 3 is 1.90 bits per heavy atom. The van der Waals surface area contributed by atoms with Crippen molar-refractivity contribution in [1.29, 1.82) is 0 Å². The van der Waals surface area contributed by atoms with Crippen molar-refractivity contribution in [1.82, 2.24) is 20.2 Å². The molecule has 6 nitrogen and oxygen atoms in total. The Morgan fingerprint density at radius 1 is 0.619 bits per heavy atom. The quantitative estimate of drug-likeness (QED) is 0.171. The Balaban J connectivity index is 0.000000212. The van der Waals surface area contributed by atoms with E-state index in [0.29, 0.717) is 0 Å². The fourth-order valence-electron chi connectivity index (χ4n) is 4.91. The van der Waals surface area contributed by atoms with Crippen molar-refractivity contribution < 1.29 is 21.1 Å². The van der Waals surface area contributed by atoms with Gasteiger partial charge in [-0.2, -0.15) is 0 Å². The van der Waals surface area contributed by atoms with Crippen molar-refractivity contribution in [2.24, 2.45) is 0 Å². The molecule has 3 heterocycles. The number of anilines is 3. The van der Waals surface area contributed by atoms with Crippen LogP contribution in [0.25, 0.3) is 16.7 Å². The van der Waals surface area contributed by atoms with Gasteiger partial charge in [0, 0.05) is 17.6 Å². The predicted octanol–water partition coefficient (Wildman–Crippen LogP) is 8.87. The molecule has 0 saturated carbocycles. The molecule has 0 amide bonds. The molecular weight excluding hydrogens is 700 g/mol. The molecule has 0 bridgehead atoms. The molecule has 1 aliphatic carbocycles. The van der Waals surface area contributed by atoms with E-state index in [0.717, 1.165) is 58.6 Å². The van der Waals surface area contributed by atoms with Crippen LogP contribution in [0.2, 0.25) is 0 Å². The molecule has 3 aromatic carbocycles. The fraction of sp³-hybridized carbons (Fsp3) is 0.114. The van der Waals surface area contributed by atoms with Gasteiger partial charge in [0.1, 0.15) is 11.6 Å². The van der Waals surface area contributed by atoms with Crippen molar-refractivity contribution in [2.45, 2.75) is 25.7 Å². The number of hydrogen-bond donors (Lipinski definition) is 0. The maximum Gasteiger partial charge on any atom is 2.00 e. The standard InChI is InChI=1S/C23H20N5.C12H10N.Pt/c1-2-9-17(10-3-1)28(21-14-6-7-16-24-21)22-15-8-13-20(25-22)23-18-11-4-5-12-19(18)26-27-23;1-3-7-11(8-4-1)13-12-9-5-2-6-10-12;/h1-3,6-10,13-16H,4-5,11-12H2;1-10H;/q2*-1;+2. The molecule has 1 aliphatic rings. The summed E-state index contributed by atoms with van der Waals surface area (Å²) < 4.78 is 0. The Bertz CT molecular complexity index is 1580. The number of aromatic nitrogens is 4. The minimum Gasteiger partial charge on any atom is -0.658 e. The zero-order chi connectivity index (χ0) is 27.7. The van der Waals surface area contributed by atoms with Gasteiger partial charge < -0.3 is 15.5 Å². The van der Waals surface area contributed by atoms with Crippen LogP contribution in [-0.4, -0.2) is 15.1 Å². The zero-order valence-electron chi connectivity index (χ0n) is 23.0. The Labute approximate surface area is 261 Å². The van der Waals surface area contributed by atoms with Gasteiger partial charge in [0.15, 0.2) is 0 Å². The van der Waals surface area contributed by atoms with Gasteiger partial charge in [-0.3, -0.25) is 4.90 Å². The van der Waals surface area contributed by atoms with Crippen LogP contribution >= 0.6 is 0 Å². The number of rotatable bonds is 6. The molecule has 0 spiro atoms. The van der Waals surface area contributed by atoms with Gasteiger partial charge in [-0.1, -0.05) is 96.7 Å². The maximum atomic E-state index is 4.96. The SMILES string of the molecule is [Pt+2].c1ccc(N(c2ccccn2)c2cccc(-c3[n-]nc4c3CCCC4)n2)cc1.c1ccc([N-]c2ccccc2)cc1. The third-order valence-corrected chi connectivity index (χ3v) is 6.86. The van der Waals surface area contributed by atoms with Gasteiger partial charge >= 0.3 is 21.1 Å². The van der Waals surface area contributed by atoms with Gasteiger partial charge in [0.25, 0.3) is 0 Å². The third-order valence-electron chi connectivity index (χ3n) is 6.86. The molecule has 0 radical (unpaired) electrons. The summed E-state index contributed by atoms with van der Waals surface area (Å²) in [5.41, 5.74) is 7.19. The van der Waals surface area contributed by atoms with E-state index in [-0.39, 0.29) is 21.1 Å². The van der Waals surface area contributed by atoms with E-state index in [9.17, 15) is 0 Å². The van der Waals surface area contributed by atoms with Crippen molar-refractivity contribution in [2.75, 3.05) is 4.90 Å². The molecular formula is C35H30N6Pt. The molecule has 6 aromatic rings. The van der Waals surface area contributed by atoms with Crippen molar-refractivity contribution in [3.63, 3.8) is 0 Å². The van der Waals surface area contributed by atoms with Crippen molar-refractivity contribution >= 4 is 28.7 Å². The smallest absolute Gasteiger partial charge is 0.658 e. The molecule has 7 rings (SSSR count). The number of hydrogen-bond acceptors (Lipinski definition) is 4. The second-order valence-electron chi connectivity index (χ2n) is 9.70. The summed E-state index contributed by atoms with van der Waals surface area (Å²) in [5, 5.41) is 13.3. The van der Waals surface area contributed by atoms with Crippen LogP contribution in [0.4, 0.5) is 28.7 Å². The minimum absolute atomic E-state index is 0. The largest absolute Gasteiger partial charge is 2.00 e. The first-order valence-corrected chi connectivity index (χ1v) is 13.9. The maximum absolute atomic E-state index is 4.96. The zero-order valence-corrected chi connectivity index (χ0v) is 25.3. The third kappa shape index (κ3) is 7.02. The monoisotopic (exact) mass is 729 g/mol. The number of aryl methyl sites for hydroxylation is 1. The Hall–Kier alpha value is -4.54. The second kappa shape index (κ2) is 14.4. The Morgan fingerprint density at radius 2 is 1.24 bits per heavy atom. The molecule has 7 heteroatoms. The van der Waals surface area contributed by atoms with E-state index in [1.54, 1.807) is 6.20 Å². The van der Waals surface area contributed by atoms with Crippen LogP contribution in [0.3, 0.4) is 0 Å². The summed E-state index contributed by atoms with van der Waals surface area (Å²) in [5.74, 6) is 1.64. The first-order valence-electron chi connectivity index (χ1n) is 13.9. The van der Waals surface area contributed by atoms with Crippen LogP contribution < -0.4 is 10.00 Å². The molecule has 0 aliphatic heterocycles. The van der Waals surface area contributed by atoms with Gasteiger partial charge in [0.2, 0.25) is 0 Å². The van der Waals surface area contributed by atoms with Gasteiger partial charge in [-0.15, -0.1) is 11.4 Å². The molecule has 42 heavy (non-hydrogen) atoms. The average Bonchev–Trinajstić information content (AvgIpc) is 3.48. The predicted molar refractivity (Wildman–Crippen MR) is 165 cm³/mol. The number of nitrogens with zero attached hydrogens (tertiary/aromatic N) is 6. The summed E-state index contributed by atoms with van der Waals surface area (Å²) in [6, 6.07) is 42.0. The van der Waals surface area contributed by atoms with Crippen LogP contribution in [0.5, 0.6) is 0 Å². The molecule has 0 saturated heterocycles. The molecule has 0 N–H and O–H groups in total. The van der Waals surface area contributed by atoms with Gasteiger partial charge in [0.05, 0.1) is 5.69 Å². The summed E-state index contributed by atoms with van der Waals surface area (Å²) in [6.45, 7) is 0. The minimum atomic E-state index is 0. The van der Waals surface area contributed by atoms with E-state index in [4.69, 9.17) is 4.98 Å². The van der Waals surface area contributed by atoms with E-state index in [1.165, 1.54) is 18.4 Å². The summed E-state index contributed by atoms with van der Waals surface area (Å²) in [6.07, 6.45) is 6.24. The number of fused-ring (bicyclic) bond motifs is 1. The number of benzene rings is 3. The topological polar surface area (TPSA) is 70.1 Å². The number of para-hydroxylation sites is 3. The first-order chi connectivity index (χ1) is 20.3. The van der Waals surface area contributed by atoms with Crippen LogP contribution in [0.15, 0.2) is 134 Å². The normalized spacial score (nSPS) is 11.7. The van der Waals surface area contributed by atoms with Crippen LogP contribution in [0.1, 0.15) is 24.1 Å². The summed E-state index contributed by atoms with van der Waals surface area (Å²) in [7, 11) is 0. The van der Waals surface area contributed by atoms with E-state index < -0.39 is 0 Å². The average molecular weight is 730 g/mol.